The molecule has 0 bridgehead atoms. The molecule has 1 N–H and O–H groups in total. The van der Waals surface area contributed by atoms with Gasteiger partial charge < -0.3 is 15.0 Å². The first-order valence-electron chi connectivity index (χ1n) is 11.7. The molecule has 0 radical (unpaired) electrons. The molecule has 35 heavy (non-hydrogen) atoms. The summed E-state index contributed by atoms with van der Waals surface area (Å²) in [7, 11) is 0. The SMILES string of the molecule is Cc1cccc(CN(C(=O)COc2ccc(Cl)cc2)[C@@H](Cc2ccccc2)C(=O)NC(C)(C)C)c1. The summed E-state index contributed by atoms with van der Waals surface area (Å²) in [4.78, 5) is 28.7. The predicted molar refractivity (Wildman–Crippen MR) is 141 cm³/mol. The Hall–Kier alpha value is -3.31. The van der Waals surface area contributed by atoms with E-state index in [1.54, 1.807) is 29.2 Å². The van der Waals surface area contributed by atoms with Crippen LogP contribution in [0.2, 0.25) is 5.02 Å². The van der Waals surface area contributed by atoms with E-state index in [4.69, 9.17) is 16.3 Å². The van der Waals surface area contributed by atoms with Crippen LogP contribution in [0.1, 0.15) is 37.5 Å². The summed E-state index contributed by atoms with van der Waals surface area (Å²) in [6.45, 7) is 7.90. The van der Waals surface area contributed by atoms with Gasteiger partial charge in [0, 0.05) is 23.5 Å². The van der Waals surface area contributed by atoms with Crippen molar-refractivity contribution in [3.05, 3.63) is 101 Å². The summed E-state index contributed by atoms with van der Waals surface area (Å²) in [5.74, 6) is 0.0669. The molecule has 5 nitrogen and oxygen atoms in total. The number of hydrogen-bond acceptors (Lipinski definition) is 3. The number of nitrogens with one attached hydrogen (secondary N) is 1. The molecule has 0 aliphatic heterocycles. The van der Waals surface area contributed by atoms with Crippen molar-refractivity contribution in [3.8, 4) is 5.75 Å². The van der Waals surface area contributed by atoms with Gasteiger partial charge in [-0.25, -0.2) is 0 Å². The van der Waals surface area contributed by atoms with E-state index in [0.29, 0.717) is 23.7 Å². The minimum Gasteiger partial charge on any atom is -0.484 e. The first-order valence-corrected chi connectivity index (χ1v) is 12.1. The second kappa shape index (κ2) is 11.9. The van der Waals surface area contributed by atoms with E-state index in [1.165, 1.54) is 0 Å². The lowest BCUT2D eigenvalue weighted by atomic mass is 10.0. The highest BCUT2D eigenvalue weighted by molar-refractivity contribution is 6.30. The maximum atomic E-state index is 13.6. The van der Waals surface area contributed by atoms with Gasteiger partial charge in [0.2, 0.25) is 5.91 Å². The number of benzene rings is 3. The summed E-state index contributed by atoms with van der Waals surface area (Å²) in [5, 5.41) is 3.65. The number of ether oxygens (including phenoxy) is 1. The minimum absolute atomic E-state index is 0.193. The topological polar surface area (TPSA) is 58.6 Å². The van der Waals surface area contributed by atoms with Crippen molar-refractivity contribution in [1.82, 2.24) is 10.2 Å². The molecule has 0 spiro atoms. The van der Waals surface area contributed by atoms with Gasteiger partial charge in [0.05, 0.1) is 0 Å². The van der Waals surface area contributed by atoms with Gasteiger partial charge in [0.25, 0.3) is 5.91 Å². The zero-order chi connectivity index (χ0) is 25.4. The molecule has 184 valence electrons. The number of nitrogens with zero attached hydrogens (tertiary/aromatic N) is 1. The lowest BCUT2D eigenvalue weighted by molar-refractivity contribution is -0.143. The van der Waals surface area contributed by atoms with E-state index in [1.807, 2.05) is 82.3 Å². The van der Waals surface area contributed by atoms with Crippen LogP contribution in [0.15, 0.2) is 78.9 Å². The van der Waals surface area contributed by atoms with Crippen LogP contribution >= 0.6 is 11.6 Å². The molecule has 3 aromatic rings. The third-order valence-electron chi connectivity index (χ3n) is 5.38. The minimum atomic E-state index is -0.710. The number of carbonyl (C=O) groups excluding carboxylic acids is 2. The standard InChI is InChI=1S/C29H33ClN2O3/c1-21-9-8-12-23(17-21)19-32(27(33)20-35-25-15-13-24(30)14-16-25)26(28(34)31-29(2,3)4)18-22-10-6-5-7-11-22/h5-17,26H,18-20H2,1-4H3,(H,31,34)/t26-/m0/s1. The molecule has 0 saturated heterocycles. The third-order valence-corrected chi connectivity index (χ3v) is 5.63. The molecule has 2 amide bonds. The van der Waals surface area contributed by atoms with Crippen LogP contribution in [-0.2, 0) is 22.6 Å². The van der Waals surface area contributed by atoms with E-state index in [9.17, 15) is 9.59 Å². The van der Waals surface area contributed by atoms with Crippen LogP contribution in [0.4, 0.5) is 0 Å². The fraction of sp³-hybridized carbons (Fsp3) is 0.310. The number of aryl methyl sites for hydroxylation is 1. The third kappa shape index (κ3) is 8.45. The Morgan fingerprint density at radius 3 is 2.23 bits per heavy atom. The van der Waals surface area contributed by atoms with Crippen LogP contribution in [0.3, 0.4) is 0 Å². The maximum absolute atomic E-state index is 13.6. The largest absolute Gasteiger partial charge is 0.484 e. The molecule has 0 aliphatic rings. The van der Waals surface area contributed by atoms with Gasteiger partial charge in [0.15, 0.2) is 6.61 Å². The second-order valence-corrected chi connectivity index (χ2v) is 10.1. The molecule has 1 atom stereocenters. The van der Waals surface area contributed by atoms with Crippen molar-refractivity contribution in [2.45, 2.75) is 52.2 Å². The molecule has 3 rings (SSSR count). The molecule has 0 unspecified atom stereocenters. The molecule has 0 aromatic heterocycles. The molecular weight excluding hydrogens is 460 g/mol. The number of amides is 2. The Kier molecular flexibility index (Phi) is 8.94. The van der Waals surface area contributed by atoms with E-state index >= 15 is 0 Å². The monoisotopic (exact) mass is 492 g/mol. The molecule has 0 heterocycles. The van der Waals surface area contributed by atoms with Crippen LogP contribution in [0, 0.1) is 6.92 Å². The lowest BCUT2D eigenvalue weighted by Crippen LogP contribution is -2.55. The molecule has 3 aromatic carbocycles. The van der Waals surface area contributed by atoms with Crippen LogP contribution < -0.4 is 10.1 Å². The Morgan fingerprint density at radius 1 is 0.943 bits per heavy atom. The summed E-state index contributed by atoms with van der Waals surface area (Å²) in [6.07, 6.45) is 0.390. The summed E-state index contributed by atoms with van der Waals surface area (Å²) in [5.41, 5.74) is 2.57. The Labute approximate surface area is 213 Å². The van der Waals surface area contributed by atoms with Crippen molar-refractivity contribution in [2.75, 3.05) is 6.61 Å². The molecule has 0 saturated carbocycles. The molecule has 6 heteroatoms. The summed E-state index contributed by atoms with van der Waals surface area (Å²) < 4.78 is 5.76. The smallest absolute Gasteiger partial charge is 0.261 e. The molecular formula is C29H33ClN2O3. The summed E-state index contributed by atoms with van der Waals surface area (Å²) in [6, 6.07) is 23.8. The predicted octanol–water partition coefficient (Wildman–Crippen LogP) is 5.58. The number of carbonyl (C=O) groups is 2. The highest BCUT2D eigenvalue weighted by Crippen LogP contribution is 2.19. The average Bonchev–Trinajstić information content (AvgIpc) is 2.80. The highest BCUT2D eigenvalue weighted by Gasteiger charge is 2.32. The Balaban J connectivity index is 1.92. The lowest BCUT2D eigenvalue weighted by Gasteiger charge is -2.33. The van der Waals surface area contributed by atoms with Crippen molar-refractivity contribution < 1.29 is 14.3 Å². The first kappa shape index (κ1) is 26.3. The van der Waals surface area contributed by atoms with Crippen molar-refractivity contribution in [3.63, 3.8) is 0 Å². The van der Waals surface area contributed by atoms with Gasteiger partial charge in [-0.05, 0) is 63.1 Å². The van der Waals surface area contributed by atoms with Gasteiger partial charge >= 0.3 is 0 Å². The Morgan fingerprint density at radius 2 is 1.60 bits per heavy atom. The number of halogens is 1. The number of hydrogen-bond donors (Lipinski definition) is 1. The summed E-state index contributed by atoms with van der Waals surface area (Å²) >= 11 is 5.96. The van der Waals surface area contributed by atoms with Gasteiger partial charge in [-0.3, -0.25) is 9.59 Å². The van der Waals surface area contributed by atoms with Gasteiger partial charge in [0.1, 0.15) is 11.8 Å². The average molecular weight is 493 g/mol. The zero-order valence-electron chi connectivity index (χ0n) is 20.8. The quantitative estimate of drug-likeness (QED) is 0.424. The van der Waals surface area contributed by atoms with Crippen molar-refractivity contribution in [1.29, 1.82) is 0 Å². The zero-order valence-corrected chi connectivity index (χ0v) is 21.5. The highest BCUT2D eigenvalue weighted by atomic mass is 35.5. The second-order valence-electron chi connectivity index (χ2n) is 9.70. The fourth-order valence-electron chi connectivity index (χ4n) is 3.77. The van der Waals surface area contributed by atoms with Crippen molar-refractivity contribution >= 4 is 23.4 Å². The van der Waals surface area contributed by atoms with Crippen LogP contribution in [-0.4, -0.2) is 34.9 Å². The maximum Gasteiger partial charge on any atom is 0.261 e. The van der Waals surface area contributed by atoms with E-state index in [0.717, 1.165) is 16.7 Å². The molecule has 0 aliphatic carbocycles. The van der Waals surface area contributed by atoms with Gasteiger partial charge in [-0.2, -0.15) is 0 Å². The molecule has 0 fully saturated rings. The Bertz CT molecular complexity index is 1120. The van der Waals surface area contributed by atoms with E-state index in [-0.39, 0.29) is 18.4 Å². The van der Waals surface area contributed by atoms with Crippen LogP contribution in [0.25, 0.3) is 0 Å². The normalized spacial score (nSPS) is 12.0. The van der Waals surface area contributed by atoms with Gasteiger partial charge in [-0.1, -0.05) is 71.8 Å². The number of rotatable bonds is 9. The fourth-order valence-corrected chi connectivity index (χ4v) is 3.90. The van der Waals surface area contributed by atoms with Crippen molar-refractivity contribution in [2.24, 2.45) is 0 Å². The van der Waals surface area contributed by atoms with E-state index in [2.05, 4.69) is 5.32 Å². The van der Waals surface area contributed by atoms with E-state index < -0.39 is 11.6 Å². The first-order chi connectivity index (χ1) is 16.6. The van der Waals surface area contributed by atoms with Crippen LogP contribution in [0.5, 0.6) is 5.75 Å². The van der Waals surface area contributed by atoms with Gasteiger partial charge in [-0.15, -0.1) is 0 Å².